The Balaban J connectivity index is 1.93. The van der Waals surface area contributed by atoms with Crippen LogP contribution in [0.5, 0.6) is 0 Å². The molecule has 1 nitrogen and oxygen atoms in total. The molecule has 0 aromatic heterocycles. The van der Waals surface area contributed by atoms with Gasteiger partial charge < -0.3 is 5.11 Å². The SMILES string of the molecule is OC1CC2CCC3CCC1C32. The highest BCUT2D eigenvalue weighted by Crippen LogP contribution is 2.58. The standard InChI is InChI=1S/C10H16O/c11-9-5-7-2-1-6-3-4-8(9)10(6)7/h6-11H,1-5H2. The van der Waals surface area contributed by atoms with Gasteiger partial charge in [-0.05, 0) is 55.8 Å². The van der Waals surface area contributed by atoms with Gasteiger partial charge in [-0.15, -0.1) is 0 Å². The Kier molecular flexibility index (Phi) is 1.18. The minimum Gasteiger partial charge on any atom is -0.393 e. The van der Waals surface area contributed by atoms with Gasteiger partial charge in [-0.2, -0.15) is 0 Å². The lowest BCUT2D eigenvalue weighted by Gasteiger charge is -2.14. The van der Waals surface area contributed by atoms with Crippen LogP contribution in [-0.4, -0.2) is 11.2 Å². The maximum Gasteiger partial charge on any atom is 0.0574 e. The molecule has 0 aromatic carbocycles. The molecule has 3 saturated carbocycles. The van der Waals surface area contributed by atoms with Gasteiger partial charge >= 0.3 is 0 Å². The van der Waals surface area contributed by atoms with Gasteiger partial charge in [-0.1, -0.05) is 0 Å². The Morgan fingerprint density at radius 2 is 1.64 bits per heavy atom. The van der Waals surface area contributed by atoms with E-state index in [9.17, 15) is 5.11 Å². The first kappa shape index (κ1) is 6.47. The average molecular weight is 152 g/mol. The molecular formula is C10H16O. The highest BCUT2D eigenvalue weighted by atomic mass is 16.3. The van der Waals surface area contributed by atoms with Crippen molar-refractivity contribution in [1.82, 2.24) is 0 Å². The molecule has 0 spiro atoms. The van der Waals surface area contributed by atoms with E-state index in [1.807, 2.05) is 0 Å². The summed E-state index contributed by atoms with van der Waals surface area (Å²) in [6.45, 7) is 0. The molecule has 1 heteroatoms. The van der Waals surface area contributed by atoms with E-state index in [4.69, 9.17) is 0 Å². The third-order valence-electron chi connectivity index (χ3n) is 4.40. The van der Waals surface area contributed by atoms with Crippen molar-refractivity contribution in [3.63, 3.8) is 0 Å². The van der Waals surface area contributed by atoms with Gasteiger partial charge in [0, 0.05) is 0 Å². The van der Waals surface area contributed by atoms with Crippen molar-refractivity contribution in [3.05, 3.63) is 0 Å². The Morgan fingerprint density at radius 1 is 0.909 bits per heavy atom. The molecule has 0 heterocycles. The molecule has 62 valence electrons. The molecule has 5 unspecified atom stereocenters. The van der Waals surface area contributed by atoms with E-state index in [1.165, 1.54) is 25.7 Å². The summed E-state index contributed by atoms with van der Waals surface area (Å²) in [6, 6.07) is 0. The van der Waals surface area contributed by atoms with Crippen LogP contribution in [0.4, 0.5) is 0 Å². The summed E-state index contributed by atoms with van der Waals surface area (Å²) in [5.74, 6) is 3.60. The number of aliphatic hydroxyl groups is 1. The molecule has 5 atom stereocenters. The number of hydrogen-bond donors (Lipinski definition) is 1. The quantitative estimate of drug-likeness (QED) is 0.561. The van der Waals surface area contributed by atoms with Crippen molar-refractivity contribution in [1.29, 1.82) is 0 Å². The largest absolute Gasteiger partial charge is 0.393 e. The van der Waals surface area contributed by atoms with E-state index in [0.717, 1.165) is 24.2 Å². The van der Waals surface area contributed by atoms with Gasteiger partial charge in [0.25, 0.3) is 0 Å². The van der Waals surface area contributed by atoms with Crippen LogP contribution in [0.15, 0.2) is 0 Å². The second-order valence-electron chi connectivity index (χ2n) is 4.72. The third-order valence-corrected chi connectivity index (χ3v) is 4.40. The minimum atomic E-state index is 0.0790. The summed E-state index contributed by atoms with van der Waals surface area (Å²) in [4.78, 5) is 0. The summed E-state index contributed by atoms with van der Waals surface area (Å²) in [6.07, 6.45) is 6.85. The van der Waals surface area contributed by atoms with Gasteiger partial charge in [-0.3, -0.25) is 0 Å². The van der Waals surface area contributed by atoms with E-state index >= 15 is 0 Å². The van der Waals surface area contributed by atoms with Gasteiger partial charge in [0.1, 0.15) is 0 Å². The van der Waals surface area contributed by atoms with Crippen molar-refractivity contribution in [2.45, 2.75) is 38.2 Å². The van der Waals surface area contributed by atoms with E-state index in [1.54, 1.807) is 0 Å². The molecule has 1 N–H and O–H groups in total. The van der Waals surface area contributed by atoms with Crippen LogP contribution < -0.4 is 0 Å². The van der Waals surface area contributed by atoms with Gasteiger partial charge in [0.15, 0.2) is 0 Å². The van der Waals surface area contributed by atoms with Crippen LogP contribution in [0.25, 0.3) is 0 Å². The fourth-order valence-corrected chi connectivity index (χ4v) is 4.04. The molecule has 3 fully saturated rings. The lowest BCUT2D eigenvalue weighted by Crippen LogP contribution is -2.15. The lowest BCUT2D eigenvalue weighted by molar-refractivity contribution is 0.123. The zero-order chi connectivity index (χ0) is 7.42. The van der Waals surface area contributed by atoms with Gasteiger partial charge in [-0.25, -0.2) is 0 Å². The topological polar surface area (TPSA) is 20.2 Å². The van der Waals surface area contributed by atoms with Gasteiger partial charge in [0.2, 0.25) is 0 Å². The summed E-state index contributed by atoms with van der Waals surface area (Å²) < 4.78 is 0. The molecule has 0 aromatic rings. The second-order valence-corrected chi connectivity index (χ2v) is 4.72. The highest BCUT2D eigenvalue weighted by Gasteiger charge is 2.52. The zero-order valence-corrected chi connectivity index (χ0v) is 6.87. The average Bonchev–Trinajstić information content (AvgIpc) is 2.53. The van der Waals surface area contributed by atoms with Crippen LogP contribution in [0.1, 0.15) is 32.1 Å². The number of hydrogen-bond acceptors (Lipinski definition) is 1. The fraction of sp³-hybridized carbons (Fsp3) is 1.00. The Hall–Kier alpha value is -0.0400. The summed E-state index contributed by atoms with van der Waals surface area (Å²) in [7, 11) is 0. The van der Waals surface area contributed by atoms with Crippen LogP contribution in [0.2, 0.25) is 0 Å². The first-order valence-electron chi connectivity index (χ1n) is 5.04. The van der Waals surface area contributed by atoms with Crippen molar-refractivity contribution >= 4 is 0 Å². The molecule has 0 aliphatic heterocycles. The summed E-state index contributed by atoms with van der Waals surface area (Å²) in [5, 5.41) is 9.72. The molecular weight excluding hydrogens is 136 g/mol. The maximum absolute atomic E-state index is 9.72. The molecule has 11 heavy (non-hydrogen) atoms. The lowest BCUT2D eigenvalue weighted by atomic mass is 9.92. The van der Waals surface area contributed by atoms with E-state index in [-0.39, 0.29) is 6.10 Å². The molecule has 0 saturated heterocycles. The van der Waals surface area contributed by atoms with E-state index in [2.05, 4.69) is 0 Å². The van der Waals surface area contributed by atoms with Crippen molar-refractivity contribution in [2.24, 2.45) is 23.7 Å². The Bertz CT molecular complexity index is 178. The first-order chi connectivity index (χ1) is 5.36. The molecule has 3 rings (SSSR count). The summed E-state index contributed by atoms with van der Waals surface area (Å²) >= 11 is 0. The van der Waals surface area contributed by atoms with E-state index in [0.29, 0.717) is 5.92 Å². The predicted octanol–water partition coefficient (Wildman–Crippen LogP) is 1.80. The molecule has 0 bridgehead atoms. The zero-order valence-electron chi connectivity index (χ0n) is 6.87. The first-order valence-corrected chi connectivity index (χ1v) is 5.04. The molecule has 0 amide bonds. The Labute approximate surface area is 67.8 Å². The highest BCUT2D eigenvalue weighted by molar-refractivity contribution is 5.02. The smallest absolute Gasteiger partial charge is 0.0574 e. The van der Waals surface area contributed by atoms with Crippen LogP contribution in [-0.2, 0) is 0 Å². The van der Waals surface area contributed by atoms with Gasteiger partial charge in [0.05, 0.1) is 6.10 Å². The van der Waals surface area contributed by atoms with Crippen LogP contribution in [0.3, 0.4) is 0 Å². The molecule has 3 aliphatic rings. The minimum absolute atomic E-state index is 0.0790. The van der Waals surface area contributed by atoms with Crippen molar-refractivity contribution < 1.29 is 5.11 Å². The Morgan fingerprint density at radius 3 is 2.55 bits per heavy atom. The molecule has 0 radical (unpaired) electrons. The van der Waals surface area contributed by atoms with Crippen molar-refractivity contribution in [2.75, 3.05) is 0 Å². The van der Waals surface area contributed by atoms with Crippen LogP contribution in [0, 0.1) is 23.7 Å². The monoisotopic (exact) mass is 152 g/mol. The van der Waals surface area contributed by atoms with Crippen LogP contribution >= 0.6 is 0 Å². The second kappa shape index (κ2) is 2.01. The van der Waals surface area contributed by atoms with Crippen molar-refractivity contribution in [3.8, 4) is 0 Å². The normalized spacial score (nSPS) is 60.3. The predicted molar refractivity (Wildman–Crippen MR) is 43.1 cm³/mol. The summed E-state index contributed by atoms with van der Waals surface area (Å²) in [5.41, 5.74) is 0. The maximum atomic E-state index is 9.72. The molecule has 3 aliphatic carbocycles. The number of rotatable bonds is 0. The van der Waals surface area contributed by atoms with E-state index < -0.39 is 0 Å². The third kappa shape index (κ3) is 0.703. The number of aliphatic hydroxyl groups excluding tert-OH is 1. The fourth-order valence-electron chi connectivity index (χ4n) is 4.04.